The maximum absolute atomic E-state index is 14.7. The summed E-state index contributed by atoms with van der Waals surface area (Å²) in [5.41, 5.74) is 2.17. The normalized spacial score (nSPS) is 26.7. The number of ether oxygens (including phenoxy) is 4. The fourth-order valence-electron chi connectivity index (χ4n) is 17.3. The number of aliphatic hydroxyl groups is 4. The first-order valence-corrected chi connectivity index (χ1v) is 39.1. The number of unbranched alkanes of at least 4 members (excludes halogenated alkanes) is 23. The summed E-state index contributed by atoms with van der Waals surface area (Å²) in [6, 6.07) is 4.38. The Morgan fingerprint density at radius 3 is 1.83 bits per heavy atom. The number of aliphatic hydroxyl groups excluding tert-OH is 4. The van der Waals surface area contributed by atoms with Crippen molar-refractivity contribution < 1.29 is 63.3 Å². The standard InChI is InChI=1S/C79H134N4O13/c1-8-10-12-14-16-18-19-20-21-22-23-25-27-29-31-39-70(86)82-76(91)81-67(37-32-33-52-80-69(85)38-30-28-26-24-17-15-13-11-9-2)74(90)93-54-53-83(60-41-43-61(44-42-60)94-75-73(89)72(88)71(87)68(56-84)96-75)77(92)95-62-48-50-78(6)59(55-62)40-45-63-65-47-46-64(58(5)36-34-35-57(3)4)79(65,7)51-49-66(63)78/h40-44,57-58,62-68,71-73,75,84,87-89H,8-39,45-56H2,1-7H3,(H,80,85)(H2,81,82,86,91)/t58?,62?,63?,64?,65?,66?,67-,68?,71-,72+,73?,75-,78?,79?/m0/s1. The summed E-state index contributed by atoms with van der Waals surface area (Å²) in [7, 11) is 0. The van der Waals surface area contributed by atoms with Crippen LogP contribution >= 0.6 is 0 Å². The lowest BCUT2D eigenvalue weighted by molar-refractivity contribution is -0.277. The van der Waals surface area contributed by atoms with E-state index in [0.717, 1.165) is 75.0 Å². The number of anilines is 1. The van der Waals surface area contributed by atoms with Crippen molar-refractivity contribution >= 4 is 35.6 Å². The van der Waals surface area contributed by atoms with E-state index in [0.29, 0.717) is 68.0 Å². The number of benzene rings is 1. The van der Waals surface area contributed by atoms with Gasteiger partial charge in [0.15, 0.2) is 0 Å². The molecule has 17 nitrogen and oxygen atoms in total. The molecule has 5 aliphatic rings. The van der Waals surface area contributed by atoms with E-state index in [1.54, 1.807) is 24.3 Å². The van der Waals surface area contributed by atoms with Crippen LogP contribution in [0.25, 0.3) is 0 Å². The van der Waals surface area contributed by atoms with Crippen molar-refractivity contribution in [3.63, 3.8) is 0 Å². The van der Waals surface area contributed by atoms with Gasteiger partial charge in [-0.05, 0) is 148 Å². The van der Waals surface area contributed by atoms with Crippen molar-refractivity contribution in [2.24, 2.45) is 46.3 Å². The first-order chi connectivity index (χ1) is 46.3. The van der Waals surface area contributed by atoms with E-state index >= 15 is 0 Å². The molecule has 1 saturated heterocycles. The topological polar surface area (TPSA) is 243 Å². The van der Waals surface area contributed by atoms with Crippen LogP contribution < -0.4 is 25.6 Å². The molecule has 7 N–H and O–H groups in total. The van der Waals surface area contributed by atoms with E-state index in [9.17, 15) is 44.4 Å². The highest BCUT2D eigenvalue weighted by atomic mass is 16.7. The molecule has 0 bridgehead atoms. The van der Waals surface area contributed by atoms with Crippen molar-refractivity contribution in [3.05, 3.63) is 35.9 Å². The van der Waals surface area contributed by atoms with Gasteiger partial charge in [0.1, 0.15) is 48.9 Å². The minimum Gasteiger partial charge on any atom is -0.462 e. The van der Waals surface area contributed by atoms with Gasteiger partial charge in [0, 0.05) is 31.5 Å². The van der Waals surface area contributed by atoms with Gasteiger partial charge in [0.05, 0.1) is 13.2 Å². The Hall–Kier alpha value is -4.29. The van der Waals surface area contributed by atoms with Crippen molar-refractivity contribution in [2.45, 2.75) is 348 Å². The summed E-state index contributed by atoms with van der Waals surface area (Å²) in [6.07, 6.45) is 36.8. The molecular formula is C79H134N4O13. The van der Waals surface area contributed by atoms with Gasteiger partial charge in [0.25, 0.3) is 0 Å². The van der Waals surface area contributed by atoms with Crippen LogP contribution in [-0.2, 0) is 28.6 Å². The van der Waals surface area contributed by atoms with Gasteiger partial charge in [-0.2, -0.15) is 0 Å². The van der Waals surface area contributed by atoms with Gasteiger partial charge in [-0.1, -0.05) is 221 Å². The van der Waals surface area contributed by atoms with Crippen molar-refractivity contribution in [3.8, 4) is 5.75 Å². The Morgan fingerprint density at radius 1 is 0.646 bits per heavy atom. The van der Waals surface area contributed by atoms with E-state index in [4.69, 9.17) is 18.9 Å². The molecule has 0 radical (unpaired) electrons. The number of rotatable bonds is 46. The molecule has 1 aromatic carbocycles. The van der Waals surface area contributed by atoms with Crippen LogP contribution in [-0.4, -0.2) is 119 Å². The van der Waals surface area contributed by atoms with Crippen molar-refractivity contribution in [1.29, 1.82) is 0 Å². The van der Waals surface area contributed by atoms with Gasteiger partial charge in [-0.3, -0.25) is 19.8 Å². The second kappa shape index (κ2) is 43.4. The number of urea groups is 1. The lowest BCUT2D eigenvalue weighted by atomic mass is 9.47. The third-order valence-electron chi connectivity index (χ3n) is 23.2. The highest BCUT2D eigenvalue weighted by Gasteiger charge is 2.59. The van der Waals surface area contributed by atoms with Crippen LogP contribution in [0.5, 0.6) is 5.75 Å². The largest absolute Gasteiger partial charge is 0.462 e. The zero-order valence-corrected chi connectivity index (χ0v) is 60.9. The highest BCUT2D eigenvalue weighted by Crippen LogP contribution is 2.67. The van der Waals surface area contributed by atoms with Crippen molar-refractivity contribution in [1.82, 2.24) is 16.0 Å². The Morgan fingerprint density at radius 2 is 1.24 bits per heavy atom. The molecule has 4 fully saturated rings. The van der Waals surface area contributed by atoms with E-state index in [-0.39, 0.29) is 43.1 Å². The van der Waals surface area contributed by atoms with E-state index in [1.807, 2.05) is 0 Å². The number of fused-ring (bicyclic) bond motifs is 5. The van der Waals surface area contributed by atoms with Gasteiger partial charge in [0.2, 0.25) is 18.1 Å². The lowest BCUT2D eigenvalue weighted by Crippen LogP contribution is -2.60. The average molecular weight is 1350 g/mol. The Labute approximate surface area is 579 Å². The zero-order valence-electron chi connectivity index (χ0n) is 60.9. The minimum atomic E-state index is -1.64. The fourth-order valence-corrected chi connectivity index (χ4v) is 17.3. The predicted molar refractivity (Wildman–Crippen MR) is 381 cm³/mol. The van der Waals surface area contributed by atoms with Gasteiger partial charge in [-0.25, -0.2) is 14.4 Å². The Bertz CT molecular complexity index is 2440. The number of carbonyl (C=O) groups excluding carboxylic acids is 5. The molecule has 17 heteroatoms. The highest BCUT2D eigenvalue weighted by molar-refractivity contribution is 5.96. The summed E-state index contributed by atoms with van der Waals surface area (Å²) >= 11 is 0. The third kappa shape index (κ3) is 25.7. The van der Waals surface area contributed by atoms with E-state index < -0.39 is 73.5 Å². The molecule has 1 aromatic rings. The first-order valence-electron chi connectivity index (χ1n) is 39.1. The number of allylic oxidation sites excluding steroid dienone is 1. The molecule has 10 unspecified atom stereocenters. The number of esters is 1. The molecule has 1 heterocycles. The van der Waals surface area contributed by atoms with Crippen LogP contribution in [0, 0.1) is 46.3 Å². The average Bonchev–Trinajstić information content (AvgIpc) is 1.38. The fraction of sp³-hybridized carbons (Fsp3) is 0.835. The number of imide groups is 1. The zero-order chi connectivity index (χ0) is 69.3. The maximum Gasteiger partial charge on any atom is 0.414 e. The van der Waals surface area contributed by atoms with Gasteiger partial charge < -0.3 is 50.0 Å². The molecule has 4 aliphatic carbocycles. The Balaban J connectivity index is 1.06. The van der Waals surface area contributed by atoms with E-state index in [1.165, 1.54) is 165 Å². The summed E-state index contributed by atoms with van der Waals surface area (Å²) in [6.45, 7) is 16.1. The number of nitrogens with one attached hydrogen (secondary N) is 3. The SMILES string of the molecule is CCCCCCCCCCCCCCCCCC(=O)NC(=O)N[C@@H](CCCCNC(=O)CCCCCCCCCCC)C(=O)OCCN(C(=O)OC1CCC2(C)C(=CCC3C2CCC2(C)C(C(C)CCCC(C)C)CCC32)C1)c1ccc(O[C@H]2OC(CO)[C@H](O)[C@@H](O)C2O)cc1. The quantitative estimate of drug-likeness (QED) is 0.0183. The third-order valence-corrected chi connectivity index (χ3v) is 23.2. The predicted octanol–water partition coefficient (Wildman–Crippen LogP) is 16.4. The monoisotopic (exact) mass is 1350 g/mol. The molecule has 96 heavy (non-hydrogen) atoms. The van der Waals surface area contributed by atoms with E-state index in [2.05, 4.69) is 70.5 Å². The molecule has 548 valence electrons. The second-order valence-electron chi connectivity index (χ2n) is 30.9. The smallest absolute Gasteiger partial charge is 0.414 e. The van der Waals surface area contributed by atoms with Crippen LogP contribution in [0.1, 0.15) is 305 Å². The summed E-state index contributed by atoms with van der Waals surface area (Å²) in [5.74, 6) is 3.24. The van der Waals surface area contributed by atoms with Crippen LogP contribution in [0.15, 0.2) is 35.9 Å². The van der Waals surface area contributed by atoms with Crippen LogP contribution in [0.4, 0.5) is 15.3 Å². The number of hydrogen-bond donors (Lipinski definition) is 7. The molecule has 6 rings (SSSR count). The van der Waals surface area contributed by atoms with Crippen LogP contribution in [0.2, 0.25) is 0 Å². The molecule has 0 spiro atoms. The van der Waals surface area contributed by atoms with Crippen LogP contribution in [0.3, 0.4) is 0 Å². The number of hydrogen-bond acceptors (Lipinski definition) is 13. The van der Waals surface area contributed by atoms with Gasteiger partial charge in [-0.15, -0.1) is 0 Å². The molecule has 1 aliphatic heterocycles. The molecule has 0 aromatic heterocycles. The van der Waals surface area contributed by atoms with Gasteiger partial charge >= 0.3 is 18.1 Å². The summed E-state index contributed by atoms with van der Waals surface area (Å²) in [4.78, 5) is 69.6. The molecular weight excluding hydrogens is 1210 g/mol. The number of carbonyl (C=O) groups is 5. The molecule has 14 atom stereocenters. The molecule has 3 saturated carbocycles. The molecule has 5 amide bonds. The lowest BCUT2D eigenvalue weighted by Gasteiger charge is -2.58. The maximum atomic E-state index is 14.7. The number of amides is 5. The minimum absolute atomic E-state index is 0.00851. The summed E-state index contributed by atoms with van der Waals surface area (Å²) in [5, 5.41) is 49.5. The second-order valence-corrected chi connectivity index (χ2v) is 30.9. The summed E-state index contributed by atoms with van der Waals surface area (Å²) < 4.78 is 23.9. The Kier molecular flexibility index (Phi) is 36.5. The van der Waals surface area contributed by atoms with Crippen molar-refractivity contribution in [2.75, 3.05) is 31.2 Å². The number of nitrogens with zero attached hydrogens (tertiary/aromatic N) is 1. The first kappa shape index (κ1) is 80.7.